The van der Waals surface area contributed by atoms with Crippen molar-refractivity contribution >= 4 is 29.9 Å². The summed E-state index contributed by atoms with van der Waals surface area (Å²) in [5.41, 5.74) is 0. The van der Waals surface area contributed by atoms with E-state index in [0.29, 0.717) is 12.6 Å². The van der Waals surface area contributed by atoms with Crippen LogP contribution in [-0.4, -0.2) is 56.3 Å². The molecule has 22 heavy (non-hydrogen) atoms. The molecule has 2 heterocycles. The maximum absolute atomic E-state index is 5.39. The van der Waals surface area contributed by atoms with E-state index in [-0.39, 0.29) is 24.0 Å². The zero-order valence-corrected chi connectivity index (χ0v) is 15.7. The first-order valence-corrected chi connectivity index (χ1v) is 7.66. The molecule has 1 aromatic rings. The van der Waals surface area contributed by atoms with Crippen molar-refractivity contribution in [3.63, 3.8) is 0 Å². The number of morpholine rings is 1. The quantitative estimate of drug-likeness (QED) is 0.415. The van der Waals surface area contributed by atoms with Crippen molar-refractivity contribution in [3.8, 4) is 0 Å². The second kappa shape index (κ2) is 10.8. The topological polar surface area (TPSA) is 62.0 Å². The van der Waals surface area contributed by atoms with Crippen LogP contribution in [0, 0.1) is 0 Å². The minimum Gasteiger partial charge on any atom is -0.467 e. The molecule has 0 spiro atoms. The first-order chi connectivity index (χ1) is 10.3. The van der Waals surface area contributed by atoms with Crippen molar-refractivity contribution in [2.75, 3.05) is 39.4 Å². The standard InChI is InChI=1S/C15H26N4O2.HI/c1-3-16-15(18-12-14-5-4-8-21-14)17-11-13(2)19-6-9-20-10-7-19;/h4-5,8,13H,3,6-7,9-12H2,1-2H3,(H2,16,17,18);1H. The molecule has 1 unspecified atom stereocenters. The molecule has 126 valence electrons. The Balaban J connectivity index is 0.00000242. The van der Waals surface area contributed by atoms with Gasteiger partial charge in [-0.2, -0.15) is 0 Å². The molecule has 2 N–H and O–H groups in total. The normalized spacial score (nSPS) is 17.6. The number of aliphatic imine (C=N–C) groups is 1. The monoisotopic (exact) mass is 422 g/mol. The maximum atomic E-state index is 5.39. The number of furan rings is 1. The summed E-state index contributed by atoms with van der Waals surface area (Å²) in [6, 6.07) is 4.27. The van der Waals surface area contributed by atoms with E-state index < -0.39 is 0 Å². The smallest absolute Gasteiger partial charge is 0.191 e. The highest BCUT2D eigenvalue weighted by molar-refractivity contribution is 14.0. The summed E-state index contributed by atoms with van der Waals surface area (Å²) < 4.78 is 10.7. The Bertz CT molecular complexity index is 419. The van der Waals surface area contributed by atoms with Crippen LogP contribution in [0.15, 0.2) is 27.8 Å². The lowest BCUT2D eigenvalue weighted by Crippen LogP contribution is -2.49. The van der Waals surface area contributed by atoms with E-state index in [1.165, 1.54) is 0 Å². The lowest BCUT2D eigenvalue weighted by molar-refractivity contribution is 0.0211. The fourth-order valence-corrected chi connectivity index (χ4v) is 2.29. The number of hydrogen-bond acceptors (Lipinski definition) is 4. The molecule has 7 heteroatoms. The molecule has 2 rings (SSSR count). The molecular weight excluding hydrogens is 395 g/mol. The van der Waals surface area contributed by atoms with Gasteiger partial charge in [0.1, 0.15) is 12.3 Å². The van der Waals surface area contributed by atoms with Crippen LogP contribution in [0.2, 0.25) is 0 Å². The first kappa shape index (κ1) is 19.2. The largest absolute Gasteiger partial charge is 0.467 e. The lowest BCUT2D eigenvalue weighted by Gasteiger charge is -2.32. The van der Waals surface area contributed by atoms with Crippen molar-refractivity contribution in [1.82, 2.24) is 15.5 Å². The zero-order valence-electron chi connectivity index (χ0n) is 13.4. The highest BCUT2D eigenvalue weighted by atomic mass is 127. The van der Waals surface area contributed by atoms with Crippen LogP contribution in [0.5, 0.6) is 0 Å². The van der Waals surface area contributed by atoms with E-state index in [1.54, 1.807) is 6.26 Å². The molecular formula is C15H27IN4O2. The van der Waals surface area contributed by atoms with Crippen LogP contribution < -0.4 is 10.6 Å². The van der Waals surface area contributed by atoms with Gasteiger partial charge < -0.3 is 19.8 Å². The second-order valence-corrected chi connectivity index (χ2v) is 5.15. The minimum atomic E-state index is 0. The highest BCUT2D eigenvalue weighted by Crippen LogP contribution is 2.03. The maximum Gasteiger partial charge on any atom is 0.191 e. The van der Waals surface area contributed by atoms with E-state index in [1.807, 2.05) is 12.1 Å². The predicted octanol–water partition coefficient (Wildman–Crippen LogP) is 1.67. The fraction of sp³-hybridized carbons (Fsp3) is 0.667. The fourth-order valence-electron chi connectivity index (χ4n) is 2.29. The van der Waals surface area contributed by atoms with Gasteiger partial charge in [-0.1, -0.05) is 0 Å². The van der Waals surface area contributed by atoms with Crippen molar-refractivity contribution in [1.29, 1.82) is 0 Å². The van der Waals surface area contributed by atoms with Crippen LogP contribution in [-0.2, 0) is 11.3 Å². The summed E-state index contributed by atoms with van der Waals surface area (Å²) in [4.78, 5) is 6.97. The van der Waals surface area contributed by atoms with Gasteiger partial charge in [-0.25, -0.2) is 4.99 Å². The molecule has 0 amide bonds. The molecule has 1 aliphatic rings. The predicted molar refractivity (Wildman–Crippen MR) is 98.8 cm³/mol. The van der Waals surface area contributed by atoms with Crippen molar-refractivity contribution in [3.05, 3.63) is 24.2 Å². The van der Waals surface area contributed by atoms with Crippen LogP contribution in [0.4, 0.5) is 0 Å². The zero-order chi connectivity index (χ0) is 14.9. The summed E-state index contributed by atoms with van der Waals surface area (Å²) in [5, 5.41) is 6.65. The van der Waals surface area contributed by atoms with E-state index in [9.17, 15) is 0 Å². The number of nitrogens with one attached hydrogen (secondary N) is 2. The number of ether oxygens (including phenoxy) is 1. The molecule has 0 aliphatic carbocycles. The van der Waals surface area contributed by atoms with Crippen molar-refractivity contribution in [2.45, 2.75) is 26.4 Å². The van der Waals surface area contributed by atoms with E-state index in [0.717, 1.165) is 51.1 Å². The number of rotatable bonds is 6. The summed E-state index contributed by atoms with van der Waals surface area (Å²) >= 11 is 0. The average molecular weight is 422 g/mol. The third-order valence-electron chi connectivity index (χ3n) is 3.55. The number of guanidine groups is 1. The number of halogens is 1. The summed E-state index contributed by atoms with van der Waals surface area (Å²) in [6.07, 6.45) is 1.67. The van der Waals surface area contributed by atoms with Gasteiger partial charge in [0.15, 0.2) is 5.96 Å². The van der Waals surface area contributed by atoms with Crippen LogP contribution in [0.25, 0.3) is 0 Å². The lowest BCUT2D eigenvalue weighted by atomic mass is 10.2. The summed E-state index contributed by atoms with van der Waals surface area (Å²) in [7, 11) is 0. The van der Waals surface area contributed by atoms with Gasteiger partial charge in [0.05, 0.1) is 19.5 Å². The Morgan fingerprint density at radius 3 is 2.77 bits per heavy atom. The Kier molecular flexibility index (Phi) is 9.49. The molecule has 1 aliphatic heterocycles. The Hall–Kier alpha value is -0.800. The molecule has 1 aromatic heterocycles. The van der Waals surface area contributed by atoms with Gasteiger partial charge in [-0.15, -0.1) is 24.0 Å². The summed E-state index contributed by atoms with van der Waals surface area (Å²) in [5.74, 6) is 1.70. The molecule has 0 bridgehead atoms. The van der Waals surface area contributed by atoms with Crippen LogP contribution in [0.3, 0.4) is 0 Å². The van der Waals surface area contributed by atoms with Gasteiger partial charge in [0, 0.05) is 32.2 Å². The van der Waals surface area contributed by atoms with E-state index in [2.05, 4.69) is 34.4 Å². The average Bonchev–Trinajstić information content (AvgIpc) is 3.04. The Labute approximate surface area is 149 Å². The molecule has 0 saturated carbocycles. The summed E-state index contributed by atoms with van der Waals surface area (Å²) in [6.45, 7) is 10.2. The van der Waals surface area contributed by atoms with Crippen molar-refractivity contribution < 1.29 is 9.15 Å². The molecule has 1 atom stereocenters. The highest BCUT2D eigenvalue weighted by Gasteiger charge is 2.16. The van der Waals surface area contributed by atoms with E-state index in [4.69, 9.17) is 9.15 Å². The minimum absolute atomic E-state index is 0. The first-order valence-electron chi connectivity index (χ1n) is 7.66. The Morgan fingerprint density at radius 1 is 1.36 bits per heavy atom. The molecule has 6 nitrogen and oxygen atoms in total. The van der Waals surface area contributed by atoms with Gasteiger partial charge in [-0.3, -0.25) is 4.90 Å². The second-order valence-electron chi connectivity index (χ2n) is 5.15. The molecule has 1 saturated heterocycles. The molecule has 0 aromatic carbocycles. The van der Waals surface area contributed by atoms with E-state index >= 15 is 0 Å². The Morgan fingerprint density at radius 2 is 2.14 bits per heavy atom. The SMILES string of the molecule is CCNC(=NCc1ccco1)NCC(C)N1CCOCC1.I. The van der Waals surface area contributed by atoms with Crippen LogP contribution >= 0.6 is 24.0 Å². The third-order valence-corrected chi connectivity index (χ3v) is 3.55. The van der Waals surface area contributed by atoms with Gasteiger partial charge in [-0.05, 0) is 26.0 Å². The number of nitrogens with zero attached hydrogens (tertiary/aromatic N) is 2. The van der Waals surface area contributed by atoms with Gasteiger partial charge >= 0.3 is 0 Å². The molecule has 1 fully saturated rings. The molecule has 0 radical (unpaired) electrons. The van der Waals surface area contributed by atoms with Gasteiger partial charge in [0.2, 0.25) is 0 Å². The third kappa shape index (κ3) is 6.53. The van der Waals surface area contributed by atoms with Gasteiger partial charge in [0.25, 0.3) is 0 Å². The number of hydrogen-bond donors (Lipinski definition) is 2. The van der Waals surface area contributed by atoms with Crippen molar-refractivity contribution in [2.24, 2.45) is 4.99 Å². The van der Waals surface area contributed by atoms with Crippen LogP contribution in [0.1, 0.15) is 19.6 Å².